The van der Waals surface area contributed by atoms with Crippen molar-refractivity contribution in [1.82, 2.24) is 24.6 Å². The van der Waals surface area contributed by atoms with Crippen molar-refractivity contribution < 1.29 is 4.74 Å². The smallest absolute Gasteiger partial charge is 0.241 e. The van der Waals surface area contributed by atoms with E-state index < -0.39 is 0 Å². The lowest BCUT2D eigenvalue weighted by molar-refractivity contribution is 0.292. The van der Waals surface area contributed by atoms with Crippen LogP contribution < -0.4 is 4.74 Å². The van der Waals surface area contributed by atoms with Crippen LogP contribution >= 0.6 is 0 Å². The van der Waals surface area contributed by atoms with E-state index in [9.17, 15) is 0 Å². The van der Waals surface area contributed by atoms with E-state index in [0.29, 0.717) is 12.5 Å². The third kappa shape index (κ3) is 4.67. The zero-order valence-electron chi connectivity index (χ0n) is 19.6. The fraction of sp³-hybridized carbons (Fsp3) is 0.179. The number of rotatable bonds is 7. The van der Waals surface area contributed by atoms with E-state index in [1.54, 1.807) is 17.1 Å². The molecule has 0 saturated carbocycles. The highest BCUT2D eigenvalue weighted by molar-refractivity contribution is 5.83. The summed E-state index contributed by atoms with van der Waals surface area (Å²) in [5, 5.41) is 5.66. The molecular formula is C28H27N5O. The summed E-state index contributed by atoms with van der Waals surface area (Å²) >= 11 is 0. The minimum atomic E-state index is 0.436. The van der Waals surface area contributed by atoms with Crippen molar-refractivity contribution in [3.63, 3.8) is 0 Å². The van der Waals surface area contributed by atoms with Gasteiger partial charge >= 0.3 is 0 Å². The Bertz CT molecular complexity index is 1410. The Morgan fingerprint density at radius 3 is 2.44 bits per heavy atom. The lowest BCUT2D eigenvalue weighted by Crippen LogP contribution is -2.12. The summed E-state index contributed by atoms with van der Waals surface area (Å²) in [6, 6.07) is 22.9. The first-order valence-corrected chi connectivity index (χ1v) is 11.3. The van der Waals surface area contributed by atoms with Gasteiger partial charge in [0.05, 0.1) is 16.8 Å². The van der Waals surface area contributed by atoms with Crippen molar-refractivity contribution in [2.75, 3.05) is 14.1 Å². The van der Waals surface area contributed by atoms with E-state index in [4.69, 9.17) is 9.72 Å². The van der Waals surface area contributed by atoms with Gasteiger partial charge in [-0.15, -0.1) is 5.10 Å². The van der Waals surface area contributed by atoms with Crippen LogP contribution in [0.2, 0.25) is 0 Å². The molecule has 2 aromatic carbocycles. The van der Waals surface area contributed by atoms with Crippen LogP contribution in [0.5, 0.6) is 5.88 Å². The van der Waals surface area contributed by atoms with E-state index in [1.165, 1.54) is 5.56 Å². The van der Waals surface area contributed by atoms with Gasteiger partial charge in [-0.1, -0.05) is 42.5 Å². The fourth-order valence-electron chi connectivity index (χ4n) is 4.09. The summed E-state index contributed by atoms with van der Waals surface area (Å²) in [7, 11) is 6.06. The molecule has 0 atom stereocenters. The van der Waals surface area contributed by atoms with Gasteiger partial charge < -0.3 is 9.64 Å². The molecule has 0 spiro atoms. The van der Waals surface area contributed by atoms with Crippen molar-refractivity contribution in [1.29, 1.82) is 0 Å². The van der Waals surface area contributed by atoms with Gasteiger partial charge in [-0.3, -0.25) is 9.67 Å². The molecule has 34 heavy (non-hydrogen) atoms. The molecule has 0 radical (unpaired) electrons. The monoisotopic (exact) mass is 449 g/mol. The second-order valence-corrected chi connectivity index (χ2v) is 8.67. The second kappa shape index (κ2) is 9.45. The third-order valence-corrected chi connectivity index (χ3v) is 5.68. The molecular weight excluding hydrogens is 422 g/mol. The largest absolute Gasteiger partial charge is 0.471 e. The standard InChI is InChI=1S/C28H27N5O/c1-32(2)17-24-16-23-6-4-5-7-26(23)30-27(24)22-10-8-20(9-11-22)19-34-28-25(18-33(3)31-28)21-12-14-29-15-13-21/h4-16,18H,17,19H2,1-3H3. The van der Waals surface area contributed by atoms with E-state index >= 15 is 0 Å². The molecule has 0 N–H and O–H groups in total. The normalized spacial score (nSPS) is 11.3. The minimum Gasteiger partial charge on any atom is -0.471 e. The Morgan fingerprint density at radius 1 is 0.912 bits per heavy atom. The molecule has 0 aliphatic rings. The van der Waals surface area contributed by atoms with E-state index in [-0.39, 0.29) is 0 Å². The number of benzene rings is 2. The molecule has 6 nitrogen and oxygen atoms in total. The topological polar surface area (TPSA) is 56.1 Å². The van der Waals surface area contributed by atoms with Crippen LogP contribution in [0.4, 0.5) is 0 Å². The molecule has 6 heteroatoms. The van der Waals surface area contributed by atoms with Crippen LogP contribution in [-0.2, 0) is 20.2 Å². The summed E-state index contributed by atoms with van der Waals surface area (Å²) in [4.78, 5) is 11.3. The van der Waals surface area contributed by atoms with Crippen molar-refractivity contribution in [3.8, 4) is 28.3 Å². The Kier molecular flexibility index (Phi) is 6.06. The first-order valence-electron chi connectivity index (χ1n) is 11.3. The van der Waals surface area contributed by atoms with Crippen LogP contribution in [0.15, 0.2) is 85.3 Å². The summed E-state index contributed by atoms with van der Waals surface area (Å²) < 4.78 is 7.87. The van der Waals surface area contributed by atoms with E-state index in [2.05, 4.69) is 77.6 Å². The SMILES string of the molecule is CN(C)Cc1cc2ccccc2nc1-c1ccc(COc2nn(C)cc2-c2ccncc2)cc1. The number of fused-ring (bicyclic) bond motifs is 1. The van der Waals surface area contributed by atoms with Gasteiger partial charge in [0.1, 0.15) is 6.61 Å². The molecule has 5 rings (SSSR count). The quantitative estimate of drug-likeness (QED) is 0.336. The Labute approximate surface area is 199 Å². The highest BCUT2D eigenvalue weighted by Gasteiger charge is 2.13. The maximum absolute atomic E-state index is 6.10. The average molecular weight is 450 g/mol. The molecule has 3 heterocycles. The lowest BCUT2D eigenvalue weighted by Gasteiger charge is -2.15. The maximum atomic E-state index is 6.10. The van der Waals surface area contributed by atoms with Gasteiger partial charge in [-0.25, -0.2) is 4.98 Å². The highest BCUT2D eigenvalue weighted by Crippen LogP contribution is 2.30. The summed E-state index contributed by atoms with van der Waals surface area (Å²) in [5.41, 5.74) is 7.39. The summed E-state index contributed by atoms with van der Waals surface area (Å²) in [5.74, 6) is 0.613. The van der Waals surface area contributed by atoms with Gasteiger partial charge in [-0.05, 0) is 55.1 Å². The van der Waals surface area contributed by atoms with Crippen LogP contribution in [0.3, 0.4) is 0 Å². The Morgan fingerprint density at radius 2 is 1.68 bits per heavy atom. The number of aryl methyl sites for hydroxylation is 1. The Balaban J connectivity index is 1.39. The number of aromatic nitrogens is 4. The van der Waals surface area contributed by atoms with Gasteiger partial charge in [0.2, 0.25) is 5.88 Å². The molecule has 0 aliphatic heterocycles. The summed E-state index contributed by atoms with van der Waals surface area (Å²) in [6.45, 7) is 1.26. The maximum Gasteiger partial charge on any atom is 0.241 e. The van der Waals surface area contributed by atoms with Crippen LogP contribution in [-0.4, -0.2) is 38.7 Å². The molecule has 0 unspecified atom stereocenters. The van der Waals surface area contributed by atoms with Gasteiger partial charge in [0.25, 0.3) is 0 Å². The van der Waals surface area contributed by atoms with Gasteiger partial charge in [0.15, 0.2) is 0 Å². The van der Waals surface area contributed by atoms with Gasteiger partial charge in [0, 0.05) is 43.1 Å². The fourth-order valence-corrected chi connectivity index (χ4v) is 4.09. The number of hydrogen-bond acceptors (Lipinski definition) is 5. The molecule has 3 aromatic heterocycles. The van der Waals surface area contributed by atoms with Crippen molar-refractivity contribution in [2.24, 2.45) is 7.05 Å². The molecule has 0 aliphatic carbocycles. The van der Waals surface area contributed by atoms with E-state index in [0.717, 1.165) is 45.4 Å². The predicted molar refractivity (Wildman–Crippen MR) is 135 cm³/mol. The summed E-state index contributed by atoms with van der Waals surface area (Å²) in [6.07, 6.45) is 5.51. The molecule has 5 aromatic rings. The number of pyridine rings is 2. The molecule has 0 amide bonds. The van der Waals surface area contributed by atoms with Crippen LogP contribution in [0.1, 0.15) is 11.1 Å². The Hall–Kier alpha value is -4.03. The van der Waals surface area contributed by atoms with Crippen LogP contribution in [0.25, 0.3) is 33.3 Å². The number of nitrogens with zero attached hydrogens (tertiary/aromatic N) is 5. The average Bonchev–Trinajstić information content (AvgIpc) is 3.23. The number of hydrogen-bond donors (Lipinski definition) is 0. The third-order valence-electron chi connectivity index (χ3n) is 5.68. The molecule has 0 saturated heterocycles. The van der Waals surface area contributed by atoms with Crippen molar-refractivity contribution in [2.45, 2.75) is 13.2 Å². The van der Waals surface area contributed by atoms with Crippen LogP contribution in [0, 0.1) is 0 Å². The molecule has 170 valence electrons. The zero-order chi connectivity index (χ0) is 23.5. The zero-order valence-corrected chi connectivity index (χ0v) is 19.6. The first-order chi connectivity index (χ1) is 16.6. The molecule has 0 fully saturated rings. The van der Waals surface area contributed by atoms with E-state index in [1.807, 2.05) is 31.4 Å². The minimum absolute atomic E-state index is 0.436. The van der Waals surface area contributed by atoms with Crippen molar-refractivity contribution >= 4 is 10.9 Å². The lowest BCUT2D eigenvalue weighted by atomic mass is 10.0. The highest BCUT2D eigenvalue weighted by atomic mass is 16.5. The number of ether oxygens (including phenoxy) is 1. The molecule has 0 bridgehead atoms. The second-order valence-electron chi connectivity index (χ2n) is 8.67. The van der Waals surface area contributed by atoms with Gasteiger partial charge in [-0.2, -0.15) is 0 Å². The van der Waals surface area contributed by atoms with Crippen molar-refractivity contribution in [3.05, 3.63) is 96.4 Å². The first kappa shape index (κ1) is 21.8. The number of para-hydroxylation sites is 1. The predicted octanol–water partition coefficient (Wildman–Crippen LogP) is 5.34.